The number of amides is 1. The first-order valence-electron chi connectivity index (χ1n) is 11.0. The average molecular weight is 576 g/mol. The Kier molecular flexibility index (Phi) is 8.41. The number of likely N-dealkylation sites (tertiary alicyclic amines) is 1. The number of hydrogen-bond donors (Lipinski definition) is 1. The van der Waals surface area contributed by atoms with Crippen LogP contribution < -0.4 is 9.46 Å². The first kappa shape index (κ1) is 29.7. The Hall–Kier alpha value is -2.81. The summed E-state index contributed by atoms with van der Waals surface area (Å²) in [5.74, 6) is -14.8. The van der Waals surface area contributed by atoms with Crippen LogP contribution in [0.15, 0.2) is 48.5 Å². The monoisotopic (exact) mass is 576 g/mol. The number of carbonyl (C=O) groups is 1. The molecule has 1 fully saturated rings. The third-order valence-electron chi connectivity index (χ3n) is 5.90. The van der Waals surface area contributed by atoms with Gasteiger partial charge in [0.1, 0.15) is 5.75 Å². The van der Waals surface area contributed by atoms with Crippen molar-refractivity contribution in [1.82, 2.24) is 9.62 Å². The van der Waals surface area contributed by atoms with Crippen molar-refractivity contribution >= 4 is 16.9 Å². The van der Waals surface area contributed by atoms with Crippen LogP contribution in [-0.2, 0) is 11.0 Å². The first-order chi connectivity index (χ1) is 17.6. The number of alkyl halides is 9. The third kappa shape index (κ3) is 5.35. The summed E-state index contributed by atoms with van der Waals surface area (Å²) in [5, 5.41) is -6.41. The van der Waals surface area contributed by atoms with Gasteiger partial charge in [0.2, 0.25) is 0 Å². The number of nitrogens with one attached hydrogen (secondary N) is 1. The van der Waals surface area contributed by atoms with Crippen LogP contribution in [0.25, 0.3) is 0 Å². The highest BCUT2D eigenvalue weighted by molar-refractivity contribution is 7.84. The molecule has 5 nitrogen and oxygen atoms in total. The lowest BCUT2D eigenvalue weighted by Crippen LogP contribution is -2.63. The summed E-state index contributed by atoms with van der Waals surface area (Å²) in [6.07, 6.45) is -5.71. The van der Waals surface area contributed by atoms with Gasteiger partial charge < -0.3 is 9.64 Å². The van der Waals surface area contributed by atoms with Gasteiger partial charge in [-0.05, 0) is 42.2 Å². The van der Waals surface area contributed by atoms with E-state index in [0.29, 0.717) is 25.9 Å². The largest absolute Gasteiger partial charge is 0.497 e. The van der Waals surface area contributed by atoms with E-state index in [2.05, 4.69) is 0 Å². The Morgan fingerprint density at radius 1 is 0.921 bits per heavy atom. The summed E-state index contributed by atoms with van der Waals surface area (Å²) < 4.78 is 140. The van der Waals surface area contributed by atoms with E-state index in [1.165, 1.54) is 54.5 Å². The van der Waals surface area contributed by atoms with Gasteiger partial charge >= 0.3 is 23.3 Å². The van der Waals surface area contributed by atoms with E-state index >= 15 is 0 Å². The number of nitrogens with zero attached hydrogens (tertiary/aromatic N) is 1. The lowest BCUT2D eigenvalue weighted by molar-refractivity contribution is -0.381. The van der Waals surface area contributed by atoms with Gasteiger partial charge in [-0.2, -0.15) is 39.5 Å². The standard InChI is InChI=1S/C23H21F9N2O3S/c1-37-15-9-10-16(19(35)34-11-5-6-12-34)17(13-15)18(14-7-3-2-4-8-14)33-38(36)23(31,32)21(26,27)20(24,25)22(28,29)30/h2-4,7-10,13,18,33H,5-6,11-12H2,1H3. The van der Waals surface area contributed by atoms with Crippen molar-refractivity contribution in [3.05, 3.63) is 65.2 Å². The average Bonchev–Trinajstić information content (AvgIpc) is 3.41. The summed E-state index contributed by atoms with van der Waals surface area (Å²) >= 11 is 0. The third-order valence-corrected chi connectivity index (χ3v) is 7.07. The van der Waals surface area contributed by atoms with Gasteiger partial charge in [0.15, 0.2) is 11.0 Å². The molecule has 1 amide bonds. The highest BCUT2D eigenvalue weighted by atomic mass is 32.2. The normalized spacial score (nSPS) is 16.8. The Labute approximate surface area is 213 Å². The molecule has 38 heavy (non-hydrogen) atoms. The van der Waals surface area contributed by atoms with Crippen molar-refractivity contribution in [3.8, 4) is 5.75 Å². The summed E-state index contributed by atoms with van der Waals surface area (Å²) in [7, 11) is -3.30. The van der Waals surface area contributed by atoms with Crippen LogP contribution in [0.1, 0.15) is 40.4 Å². The number of benzene rings is 2. The molecular weight excluding hydrogens is 555 g/mol. The molecule has 1 aliphatic heterocycles. The maximum atomic E-state index is 14.5. The van der Waals surface area contributed by atoms with Gasteiger partial charge in [-0.3, -0.25) is 4.79 Å². The van der Waals surface area contributed by atoms with Crippen LogP contribution in [0.5, 0.6) is 5.75 Å². The Morgan fingerprint density at radius 3 is 2.03 bits per heavy atom. The second kappa shape index (κ2) is 10.8. The molecule has 210 valence electrons. The Balaban J connectivity index is 2.11. The zero-order chi connectivity index (χ0) is 28.5. The van der Waals surface area contributed by atoms with Crippen molar-refractivity contribution in [2.24, 2.45) is 0 Å². The number of halogens is 9. The summed E-state index contributed by atoms with van der Waals surface area (Å²) in [6.45, 7) is 0.715. The van der Waals surface area contributed by atoms with Crippen molar-refractivity contribution < 1.29 is 53.3 Å². The summed E-state index contributed by atoms with van der Waals surface area (Å²) in [6, 6.07) is 8.71. The van der Waals surface area contributed by atoms with Crippen LogP contribution in [-0.4, -0.2) is 58.5 Å². The maximum Gasteiger partial charge on any atom is 0.460 e. The highest BCUT2D eigenvalue weighted by Gasteiger charge is 2.83. The van der Waals surface area contributed by atoms with Crippen LogP contribution in [0.2, 0.25) is 0 Å². The van der Waals surface area contributed by atoms with E-state index in [1.54, 1.807) is 4.72 Å². The van der Waals surface area contributed by atoms with Crippen molar-refractivity contribution in [2.45, 2.75) is 42.2 Å². The van der Waals surface area contributed by atoms with Gasteiger partial charge in [0.05, 0.1) is 13.2 Å². The fourth-order valence-corrected chi connectivity index (χ4v) is 4.79. The number of ether oxygens (including phenoxy) is 1. The predicted molar refractivity (Wildman–Crippen MR) is 119 cm³/mol. The second-order valence-corrected chi connectivity index (χ2v) is 9.63. The van der Waals surface area contributed by atoms with Crippen LogP contribution in [0.3, 0.4) is 0 Å². The molecule has 2 unspecified atom stereocenters. The molecule has 0 aliphatic carbocycles. The molecule has 2 aromatic carbocycles. The van der Waals surface area contributed by atoms with Crippen molar-refractivity contribution in [2.75, 3.05) is 20.2 Å². The summed E-state index contributed by atoms with van der Waals surface area (Å²) in [4.78, 5) is 14.6. The fraction of sp³-hybridized carbons (Fsp3) is 0.435. The molecule has 0 aromatic heterocycles. The van der Waals surface area contributed by atoms with E-state index in [1.807, 2.05) is 0 Å². The summed E-state index contributed by atoms with van der Waals surface area (Å²) in [5.41, 5.74) is -0.379. The van der Waals surface area contributed by atoms with Crippen LogP contribution in [0.4, 0.5) is 39.5 Å². The molecule has 3 rings (SSSR count). The smallest absolute Gasteiger partial charge is 0.460 e. The fourth-order valence-electron chi connectivity index (χ4n) is 3.81. The molecule has 1 heterocycles. The van der Waals surface area contributed by atoms with E-state index in [9.17, 15) is 48.5 Å². The molecule has 15 heteroatoms. The maximum absolute atomic E-state index is 14.5. The predicted octanol–water partition coefficient (Wildman–Crippen LogP) is 5.70. The zero-order valence-corrected chi connectivity index (χ0v) is 20.3. The molecule has 2 aromatic rings. The first-order valence-corrected chi connectivity index (χ1v) is 12.1. The lowest BCUT2D eigenvalue weighted by atomic mass is 9.94. The van der Waals surface area contributed by atoms with Crippen molar-refractivity contribution in [1.29, 1.82) is 0 Å². The molecule has 1 saturated heterocycles. The number of carbonyl (C=O) groups excluding carboxylic acids is 1. The van der Waals surface area contributed by atoms with Gasteiger partial charge in [0, 0.05) is 18.7 Å². The zero-order valence-electron chi connectivity index (χ0n) is 19.5. The van der Waals surface area contributed by atoms with E-state index in [4.69, 9.17) is 4.74 Å². The topological polar surface area (TPSA) is 58.6 Å². The van der Waals surface area contributed by atoms with Crippen molar-refractivity contribution in [3.63, 3.8) is 0 Å². The molecule has 1 N–H and O–H groups in total. The molecule has 0 radical (unpaired) electrons. The SMILES string of the molecule is COc1ccc(C(=O)N2CCCC2)c(C(NS(=O)C(F)(F)C(F)(F)C(F)(F)C(F)(F)F)c2ccccc2)c1. The quantitative estimate of drug-likeness (QED) is 0.390. The minimum atomic E-state index is -7.21. The molecule has 0 bridgehead atoms. The lowest BCUT2D eigenvalue weighted by Gasteiger charge is -2.34. The Morgan fingerprint density at radius 2 is 1.50 bits per heavy atom. The van der Waals surface area contributed by atoms with Crippen LogP contribution in [0, 0.1) is 0 Å². The Bertz CT molecular complexity index is 1170. The minimum absolute atomic E-state index is 0.0359. The number of hydrogen-bond acceptors (Lipinski definition) is 3. The molecule has 1 aliphatic rings. The number of rotatable bonds is 9. The van der Waals surface area contributed by atoms with E-state index in [0.717, 1.165) is 6.07 Å². The molecular formula is C23H21F9N2O3S. The van der Waals surface area contributed by atoms with E-state index in [-0.39, 0.29) is 22.4 Å². The second-order valence-electron chi connectivity index (χ2n) is 8.35. The van der Waals surface area contributed by atoms with Crippen LogP contribution >= 0.6 is 0 Å². The highest BCUT2D eigenvalue weighted by Crippen LogP contribution is 2.54. The van der Waals surface area contributed by atoms with Gasteiger partial charge in [-0.25, -0.2) is 8.93 Å². The molecule has 0 saturated carbocycles. The van der Waals surface area contributed by atoms with Gasteiger partial charge in [-0.1, -0.05) is 30.3 Å². The van der Waals surface area contributed by atoms with Gasteiger partial charge in [-0.15, -0.1) is 0 Å². The number of methoxy groups -OCH3 is 1. The molecule has 0 spiro atoms. The molecule has 2 atom stereocenters. The van der Waals surface area contributed by atoms with E-state index < -0.39 is 46.2 Å². The minimum Gasteiger partial charge on any atom is -0.497 e. The van der Waals surface area contributed by atoms with Gasteiger partial charge in [0.25, 0.3) is 5.91 Å².